The Morgan fingerprint density at radius 2 is 2.06 bits per heavy atom. The lowest BCUT2D eigenvalue weighted by Crippen LogP contribution is -2.33. The molecule has 2 nitrogen and oxygen atoms in total. The van der Waals surface area contributed by atoms with Gasteiger partial charge in [0.15, 0.2) is 0 Å². The molecule has 0 aliphatic carbocycles. The molecule has 1 aromatic carbocycles. The molecule has 0 saturated carbocycles. The van der Waals surface area contributed by atoms with E-state index < -0.39 is 0 Å². The molecule has 1 saturated heterocycles. The molecule has 2 rings (SSSR count). The van der Waals surface area contributed by atoms with Gasteiger partial charge in [0.25, 0.3) is 0 Å². The van der Waals surface area contributed by atoms with Crippen molar-refractivity contribution in [3.63, 3.8) is 0 Å². The zero-order chi connectivity index (χ0) is 12.3. The van der Waals surface area contributed by atoms with Crippen molar-refractivity contribution in [1.29, 1.82) is 0 Å². The van der Waals surface area contributed by atoms with Gasteiger partial charge in [-0.1, -0.05) is 29.3 Å². The fourth-order valence-corrected chi connectivity index (χ4v) is 2.85. The van der Waals surface area contributed by atoms with E-state index in [1.54, 1.807) is 6.07 Å². The number of phenolic OH excluding ortho intramolecular Hbond substituents is 1. The Labute approximate surface area is 112 Å². The molecule has 1 aromatic rings. The summed E-state index contributed by atoms with van der Waals surface area (Å²) in [7, 11) is 0. The van der Waals surface area contributed by atoms with Gasteiger partial charge in [0.1, 0.15) is 5.75 Å². The van der Waals surface area contributed by atoms with Crippen LogP contribution in [0.4, 0.5) is 0 Å². The summed E-state index contributed by atoms with van der Waals surface area (Å²) in [5.74, 6) is 1.27. The van der Waals surface area contributed by atoms with Crippen LogP contribution < -0.4 is 0 Å². The highest BCUT2D eigenvalue weighted by Gasteiger charge is 2.18. The number of hydrogen-bond donors (Lipinski definition) is 1. The highest BCUT2D eigenvalue weighted by Crippen LogP contribution is 2.26. The highest BCUT2D eigenvalue weighted by molar-refractivity contribution is 9.10. The molecule has 1 heterocycles. The Morgan fingerprint density at radius 3 is 2.71 bits per heavy atom. The highest BCUT2D eigenvalue weighted by atomic mass is 79.9. The minimum Gasteiger partial charge on any atom is -0.508 e. The summed E-state index contributed by atoms with van der Waals surface area (Å²) in [6, 6.07) is 5.50. The SMILES string of the molecule is CCC1CCN(Cc2cc(O)ccc2Br)CC1. The molecule has 1 aliphatic heterocycles. The molecule has 1 aliphatic rings. The molecule has 3 heteroatoms. The van der Waals surface area contributed by atoms with E-state index >= 15 is 0 Å². The second kappa shape index (κ2) is 5.87. The molecule has 1 fully saturated rings. The van der Waals surface area contributed by atoms with Gasteiger partial charge in [-0.25, -0.2) is 0 Å². The van der Waals surface area contributed by atoms with Crippen LogP contribution in [-0.4, -0.2) is 23.1 Å². The number of aromatic hydroxyl groups is 1. The number of nitrogens with zero attached hydrogens (tertiary/aromatic N) is 1. The average Bonchev–Trinajstić information content (AvgIpc) is 2.35. The molecule has 1 N–H and O–H groups in total. The Morgan fingerprint density at radius 1 is 1.35 bits per heavy atom. The van der Waals surface area contributed by atoms with Crippen LogP contribution in [0.25, 0.3) is 0 Å². The maximum absolute atomic E-state index is 9.51. The minimum absolute atomic E-state index is 0.353. The van der Waals surface area contributed by atoms with Gasteiger partial charge < -0.3 is 5.11 Å². The van der Waals surface area contributed by atoms with Crippen molar-refractivity contribution in [1.82, 2.24) is 4.90 Å². The summed E-state index contributed by atoms with van der Waals surface area (Å²) < 4.78 is 1.09. The first-order chi connectivity index (χ1) is 8.19. The van der Waals surface area contributed by atoms with Crippen LogP contribution in [0.1, 0.15) is 31.7 Å². The normalized spacial score (nSPS) is 18.5. The molecular formula is C14H20BrNO. The molecule has 0 spiro atoms. The number of likely N-dealkylation sites (tertiary alicyclic amines) is 1. The summed E-state index contributed by atoms with van der Waals surface area (Å²) in [6.45, 7) is 5.58. The number of benzene rings is 1. The van der Waals surface area contributed by atoms with Crippen LogP contribution in [0.3, 0.4) is 0 Å². The van der Waals surface area contributed by atoms with Crippen molar-refractivity contribution in [3.05, 3.63) is 28.2 Å². The lowest BCUT2D eigenvalue weighted by Gasteiger charge is -2.31. The van der Waals surface area contributed by atoms with E-state index in [2.05, 4.69) is 27.8 Å². The second-order valence-corrected chi connectivity index (χ2v) is 5.76. The van der Waals surface area contributed by atoms with E-state index in [-0.39, 0.29) is 0 Å². The van der Waals surface area contributed by atoms with E-state index in [0.717, 1.165) is 16.9 Å². The molecule has 94 valence electrons. The number of hydrogen-bond acceptors (Lipinski definition) is 2. The molecule has 0 atom stereocenters. The number of piperidine rings is 1. The van der Waals surface area contributed by atoms with E-state index in [1.807, 2.05) is 12.1 Å². The van der Waals surface area contributed by atoms with Crippen molar-refractivity contribution >= 4 is 15.9 Å². The summed E-state index contributed by atoms with van der Waals surface area (Å²) in [5, 5.41) is 9.51. The Hall–Kier alpha value is -0.540. The smallest absolute Gasteiger partial charge is 0.115 e. The largest absolute Gasteiger partial charge is 0.508 e. The maximum Gasteiger partial charge on any atom is 0.115 e. The van der Waals surface area contributed by atoms with Crippen LogP contribution in [0.2, 0.25) is 0 Å². The van der Waals surface area contributed by atoms with Crippen molar-refractivity contribution in [2.24, 2.45) is 5.92 Å². The summed E-state index contributed by atoms with van der Waals surface area (Å²) >= 11 is 3.54. The maximum atomic E-state index is 9.51. The van der Waals surface area contributed by atoms with Crippen LogP contribution in [-0.2, 0) is 6.54 Å². The topological polar surface area (TPSA) is 23.5 Å². The van der Waals surface area contributed by atoms with Gasteiger partial charge >= 0.3 is 0 Å². The first-order valence-electron chi connectivity index (χ1n) is 6.38. The first kappa shape index (κ1) is 12.9. The van der Waals surface area contributed by atoms with Gasteiger partial charge in [-0.15, -0.1) is 0 Å². The Bertz CT molecular complexity index is 372. The van der Waals surface area contributed by atoms with Crippen molar-refractivity contribution in [2.75, 3.05) is 13.1 Å². The molecule has 0 bridgehead atoms. The third kappa shape index (κ3) is 3.46. The van der Waals surface area contributed by atoms with Gasteiger partial charge in [-0.3, -0.25) is 4.90 Å². The number of rotatable bonds is 3. The number of halogens is 1. The molecule has 17 heavy (non-hydrogen) atoms. The lowest BCUT2D eigenvalue weighted by atomic mass is 9.94. The van der Waals surface area contributed by atoms with E-state index in [0.29, 0.717) is 5.75 Å². The minimum atomic E-state index is 0.353. The second-order valence-electron chi connectivity index (χ2n) is 4.90. The van der Waals surface area contributed by atoms with Crippen molar-refractivity contribution in [3.8, 4) is 5.75 Å². The van der Waals surface area contributed by atoms with Crippen molar-refractivity contribution in [2.45, 2.75) is 32.7 Å². The zero-order valence-electron chi connectivity index (χ0n) is 10.3. The third-order valence-corrected chi connectivity index (χ3v) is 4.48. The Balaban J connectivity index is 1.95. The van der Waals surface area contributed by atoms with E-state index in [1.165, 1.54) is 37.9 Å². The van der Waals surface area contributed by atoms with Gasteiger partial charge in [0.05, 0.1) is 0 Å². The quantitative estimate of drug-likeness (QED) is 0.918. The van der Waals surface area contributed by atoms with E-state index in [4.69, 9.17) is 0 Å². The Kier molecular flexibility index (Phi) is 4.46. The van der Waals surface area contributed by atoms with Gasteiger partial charge in [-0.2, -0.15) is 0 Å². The molecule has 0 radical (unpaired) electrons. The van der Waals surface area contributed by atoms with Crippen LogP contribution in [0.15, 0.2) is 22.7 Å². The molecule has 0 unspecified atom stereocenters. The summed E-state index contributed by atoms with van der Waals surface area (Å²) in [6.07, 6.45) is 3.93. The fraction of sp³-hybridized carbons (Fsp3) is 0.571. The standard InChI is InChI=1S/C14H20BrNO/c1-2-11-5-7-16(8-6-11)10-12-9-13(17)3-4-14(12)15/h3-4,9,11,17H,2,5-8,10H2,1H3. The summed E-state index contributed by atoms with van der Waals surface area (Å²) in [4.78, 5) is 2.48. The lowest BCUT2D eigenvalue weighted by molar-refractivity contribution is 0.174. The monoisotopic (exact) mass is 297 g/mol. The van der Waals surface area contributed by atoms with E-state index in [9.17, 15) is 5.11 Å². The van der Waals surface area contributed by atoms with Gasteiger partial charge in [0.2, 0.25) is 0 Å². The van der Waals surface area contributed by atoms with Crippen molar-refractivity contribution < 1.29 is 5.11 Å². The van der Waals surface area contributed by atoms with Gasteiger partial charge in [0, 0.05) is 11.0 Å². The van der Waals surface area contributed by atoms with Crippen LogP contribution in [0, 0.1) is 5.92 Å². The van der Waals surface area contributed by atoms with Gasteiger partial charge in [-0.05, 0) is 55.6 Å². The van der Waals surface area contributed by atoms with Crippen LogP contribution in [0.5, 0.6) is 5.75 Å². The van der Waals surface area contributed by atoms with Crippen LogP contribution >= 0.6 is 15.9 Å². The predicted molar refractivity (Wildman–Crippen MR) is 74.1 cm³/mol. The summed E-state index contributed by atoms with van der Waals surface area (Å²) in [5.41, 5.74) is 1.18. The third-order valence-electron chi connectivity index (χ3n) is 3.71. The predicted octanol–water partition coefficient (Wildman–Crippen LogP) is 3.78. The molecular weight excluding hydrogens is 278 g/mol. The zero-order valence-corrected chi connectivity index (χ0v) is 11.9. The number of phenols is 1. The molecule has 0 amide bonds. The first-order valence-corrected chi connectivity index (χ1v) is 7.18. The molecule has 0 aromatic heterocycles. The fourth-order valence-electron chi connectivity index (χ4n) is 2.48. The average molecular weight is 298 g/mol.